The monoisotopic (exact) mass is 477 g/mol. The molecule has 0 spiro atoms. The second kappa shape index (κ2) is 9.01. The predicted molar refractivity (Wildman–Crippen MR) is 132 cm³/mol. The molecule has 3 fully saturated rings. The molecule has 0 saturated carbocycles. The van der Waals surface area contributed by atoms with E-state index in [1.807, 2.05) is 6.08 Å². The third-order valence-electron chi connectivity index (χ3n) is 7.56. The third-order valence-corrected chi connectivity index (χ3v) is 7.56. The standard InChI is InChI=1S/C29H30F3N3/c1-5-9-20-19(6-2)29-24(7-3)34-13-8-10-25(34)26-11-12-27(35(26)29)28(20)17(4)33-16-21-22(31)14-18(30)15-23(21)32/h6,9,14-15,25-26,33H,2-5,8,10-13,16H2,1H3/b20-9-. The Balaban J connectivity index is 1.58. The van der Waals surface area contributed by atoms with Gasteiger partial charge in [0, 0.05) is 53.3 Å². The zero-order chi connectivity index (χ0) is 24.9. The molecule has 1 aromatic rings. The smallest absolute Gasteiger partial charge is 0.134 e. The molecule has 4 aliphatic heterocycles. The van der Waals surface area contributed by atoms with E-state index >= 15 is 0 Å². The Bertz CT molecular complexity index is 1240. The van der Waals surface area contributed by atoms with Crippen LogP contribution < -0.4 is 5.32 Å². The summed E-state index contributed by atoms with van der Waals surface area (Å²) in [7, 11) is 0. The van der Waals surface area contributed by atoms with E-state index in [4.69, 9.17) is 0 Å². The number of piperazine rings is 1. The van der Waals surface area contributed by atoms with Crippen molar-refractivity contribution in [3.63, 3.8) is 0 Å². The van der Waals surface area contributed by atoms with Crippen LogP contribution in [0.4, 0.5) is 13.2 Å². The second-order valence-electron chi connectivity index (χ2n) is 9.40. The van der Waals surface area contributed by atoms with Gasteiger partial charge in [0.2, 0.25) is 0 Å². The lowest BCUT2D eigenvalue weighted by atomic mass is 9.85. The molecule has 35 heavy (non-hydrogen) atoms. The lowest BCUT2D eigenvalue weighted by Crippen LogP contribution is -2.52. The Morgan fingerprint density at radius 3 is 2.60 bits per heavy atom. The summed E-state index contributed by atoms with van der Waals surface area (Å²) in [4.78, 5) is 4.88. The van der Waals surface area contributed by atoms with Crippen molar-refractivity contribution in [1.29, 1.82) is 0 Å². The maximum atomic E-state index is 14.3. The third kappa shape index (κ3) is 3.59. The quantitative estimate of drug-likeness (QED) is 0.481. The maximum Gasteiger partial charge on any atom is 0.134 e. The first kappa shape index (κ1) is 23.4. The highest BCUT2D eigenvalue weighted by molar-refractivity contribution is 5.68. The van der Waals surface area contributed by atoms with E-state index in [1.165, 1.54) is 0 Å². The van der Waals surface area contributed by atoms with E-state index in [-0.39, 0.29) is 12.1 Å². The molecule has 3 nitrogen and oxygen atoms in total. The van der Waals surface area contributed by atoms with Gasteiger partial charge in [-0.05, 0) is 37.7 Å². The SMILES string of the molecule is C=C=C1C2=C(C=C)/C(=C/CC)C(C(=C)NCc3c(F)cc(F)cc3F)=C3CCC(C4CCCN14)N32. The van der Waals surface area contributed by atoms with Crippen molar-refractivity contribution in [1.82, 2.24) is 15.1 Å². The summed E-state index contributed by atoms with van der Waals surface area (Å²) >= 11 is 0. The highest BCUT2D eigenvalue weighted by Gasteiger charge is 2.50. The highest BCUT2D eigenvalue weighted by Crippen LogP contribution is 2.53. The van der Waals surface area contributed by atoms with Crippen molar-refractivity contribution < 1.29 is 13.2 Å². The topological polar surface area (TPSA) is 18.5 Å². The van der Waals surface area contributed by atoms with Crippen molar-refractivity contribution in [2.75, 3.05) is 6.54 Å². The van der Waals surface area contributed by atoms with Crippen LogP contribution in [0.25, 0.3) is 0 Å². The molecule has 0 aliphatic carbocycles. The number of hydrogen-bond acceptors (Lipinski definition) is 3. The van der Waals surface area contributed by atoms with Crippen molar-refractivity contribution in [2.45, 2.75) is 57.7 Å². The molecule has 182 valence electrons. The minimum atomic E-state index is -0.935. The van der Waals surface area contributed by atoms with E-state index in [0.717, 1.165) is 72.5 Å². The summed E-state index contributed by atoms with van der Waals surface area (Å²) in [6, 6.07) is 2.15. The van der Waals surface area contributed by atoms with Crippen molar-refractivity contribution in [2.24, 2.45) is 0 Å². The molecule has 0 radical (unpaired) electrons. The number of benzene rings is 1. The first-order valence-corrected chi connectivity index (χ1v) is 12.2. The van der Waals surface area contributed by atoms with Crippen molar-refractivity contribution >= 4 is 0 Å². The minimum Gasteiger partial charge on any atom is -0.381 e. The maximum absolute atomic E-state index is 14.3. The van der Waals surface area contributed by atoms with Crippen LogP contribution in [0.2, 0.25) is 0 Å². The molecule has 4 heterocycles. The second-order valence-corrected chi connectivity index (χ2v) is 9.40. The van der Waals surface area contributed by atoms with Gasteiger partial charge in [0.05, 0.1) is 17.8 Å². The van der Waals surface area contributed by atoms with Crippen molar-refractivity contribution in [3.05, 3.63) is 112 Å². The number of nitrogens with one attached hydrogen (secondary N) is 1. The number of rotatable bonds is 6. The lowest BCUT2D eigenvalue weighted by Gasteiger charge is -2.49. The molecule has 1 N–H and O–H groups in total. The van der Waals surface area contributed by atoms with Gasteiger partial charge in [-0.25, -0.2) is 13.2 Å². The average molecular weight is 478 g/mol. The van der Waals surface area contributed by atoms with Gasteiger partial charge in [0.25, 0.3) is 0 Å². The molecule has 3 saturated heterocycles. The molecule has 2 unspecified atom stereocenters. The number of halogens is 3. The first-order valence-electron chi connectivity index (χ1n) is 12.2. The zero-order valence-electron chi connectivity index (χ0n) is 20.1. The molecule has 0 amide bonds. The van der Waals surface area contributed by atoms with Gasteiger partial charge < -0.3 is 15.1 Å². The Morgan fingerprint density at radius 1 is 1.20 bits per heavy atom. The summed E-state index contributed by atoms with van der Waals surface area (Å²) in [5, 5.41) is 3.13. The van der Waals surface area contributed by atoms with Gasteiger partial charge in [0.15, 0.2) is 0 Å². The summed E-state index contributed by atoms with van der Waals surface area (Å²) in [6.45, 7) is 15.4. The van der Waals surface area contributed by atoms with Gasteiger partial charge in [0.1, 0.15) is 23.1 Å². The Morgan fingerprint density at radius 2 is 1.94 bits per heavy atom. The van der Waals surface area contributed by atoms with E-state index < -0.39 is 17.5 Å². The number of fused-ring (bicyclic) bond motifs is 2. The van der Waals surface area contributed by atoms with Gasteiger partial charge in [-0.3, -0.25) is 0 Å². The average Bonchev–Trinajstić information content (AvgIpc) is 3.47. The van der Waals surface area contributed by atoms with Crippen LogP contribution in [0.15, 0.2) is 89.3 Å². The summed E-state index contributed by atoms with van der Waals surface area (Å²) in [5.74, 6) is -2.77. The van der Waals surface area contributed by atoms with Gasteiger partial charge in [-0.1, -0.05) is 38.8 Å². The van der Waals surface area contributed by atoms with Crippen LogP contribution in [-0.4, -0.2) is 28.4 Å². The lowest BCUT2D eigenvalue weighted by molar-refractivity contribution is 0.157. The van der Waals surface area contributed by atoms with Crippen LogP contribution in [0.1, 0.15) is 44.6 Å². The molecule has 0 aromatic heterocycles. The van der Waals surface area contributed by atoms with Crippen LogP contribution in [0, 0.1) is 17.5 Å². The minimum absolute atomic E-state index is 0.134. The fraction of sp³-hybridized carbons (Fsp3) is 0.345. The summed E-state index contributed by atoms with van der Waals surface area (Å²) in [5.41, 5.74) is 9.82. The fourth-order valence-corrected chi connectivity index (χ4v) is 6.21. The Labute approximate surface area is 205 Å². The normalized spacial score (nSPS) is 24.1. The molecule has 1 aromatic carbocycles. The zero-order valence-corrected chi connectivity index (χ0v) is 20.1. The molecular formula is C29H30F3N3. The fourth-order valence-electron chi connectivity index (χ4n) is 6.21. The first-order chi connectivity index (χ1) is 16.9. The predicted octanol–water partition coefficient (Wildman–Crippen LogP) is 6.36. The van der Waals surface area contributed by atoms with E-state index in [1.54, 1.807) is 0 Å². The van der Waals surface area contributed by atoms with Gasteiger partial charge in [-0.2, -0.15) is 0 Å². The molecule has 4 aliphatic rings. The Hall–Kier alpha value is -3.37. The molecule has 0 bridgehead atoms. The molecule has 6 heteroatoms. The number of hydrogen-bond donors (Lipinski definition) is 1. The van der Waals surface area contributed by atoms with E-state index in [2.05, 4.69) is 53.6 Å². The van der Waals surface area contributed by atoms with Crippen LogP contribution in [0.5, 0.6) is 0 Å². The largest absolute Gasteiger partial charge is 0.381 e. The van der Waals surface area contributed by atoms with E-state index in [9.17, 15) is 13.2 Å². The van der Waals surface area contributed by atoms with Gasteiger partial charge >= 0.3 is 0 Å². The summed E-state index contributed by atoms with van der Waals surface area (Å²) < 4.78 is 41.9. The van der Waals surface area contributed by atoms with Crippen LogP contribution in [-0.2, 0) is 6.54 Å². The number of nitrogens with zero attached hydrogens (tertiary/aromatic N) is 2. The highest BCUT2D eigenvalue weighted by atomic mass is 19.1. The Kier molecular flexibility index (Phi) is 6.02. The van der Waals surface area contributed by atoms with Crippen molar-refractivity contribution in [3.8, 4) is 0 Å². The van der Waals surface area contributed by atoms with Crippen LogP contribution >= 0.6 is 0 Å². The van der Waals surface area contributed by atoms with Crippen LogP contribution in [0.3, 0.4) is 0 Å². The molecule has 5 rings (SSSR count). The summed E-state index contributed by atoms with van der Waals surface area (Å²) in [6.07, 6.45) is 9.00. The molecular weight excluding hydrogens is 447 g/mol. The number of allylic oxidation sites excluding steroid dienone is 5. The van der Waals surface area contributed by atoms with E-state index in [0.29, 0.717) is 29.9 Å². The van der Waals surface area contributed by atoms with Gasteiger partial charge in [-0.15, -0.1) is 5.73 Å². The molecule has 2 atom stereocenters.